The molecule has 0 spiro atoms. The zero-order valence-electron chi connectivity index (χ0n) is 24.9. The Bertz CT molecular complexity index is 1420. The molecule has 0 bridgehead atoms. The molecule has 2 aromatic heterocycles. The number of aromatic nitrogens is 5. The summed E-state index contributed by atoms with van der Waals surface area (Å²) in [5, 5.41) is 21.2. The normalized spacial score (nSPS) is 20.6. The fourth-order valence-corrected chi connectivity index (χ4v) is 5.72. The molecule has 0 aromatic carbocycles. The Morgan fingerprint density at radius 1 is 1.19 bits per heavy atom. The molecule has 232 valence electrons. The van der Waals surface area contributed by atoms with Crippen molar-refractivity contribution in [1.82, 2.24) is 34.8 Å². The van der Waals surface area contributed by atoms with E-state index in [9.17, 15) is 29.1 Å². The first-order valence-corrected chi connectivity index (χ1v) is 14.4. The molecule has 1 saturated heterocycles. The third kappa shape index (κ3) is 7.39. The number of hydrogen-bond donors (Lipinski definition) is 3. The molecule has 0 radical (unpaired) electrons. The molecule has 1 saturated carbocycles. The SMILES string of the molecule is CC(NC(=O)[C@@H]1C[C@H](n2nncc2C(C)(C)O)CN1C(=O)/C(CC1CCCCC1)=N/C(=O)c1cn(C)cn1)C(=O)C(N)=O. The molecule has 2 aliphatic rings. The average Bonchev–Trinajstić information content (AvgIpc) is 3.71. The van der Waals surface area contributed by atoms with Crippen molar-refractivity contribution in [2.75, 3.05) is 6.54 Å². The van der Waals surface area contributed by atoms with Crippen LogP contribution >= 0.6 is 0 Å². The molecule has 3 heterocycles. The number of hydrogen-bond acceptors (Lipinski definition) is 9. The van der Waals surface area contributed by atoms with Crippen molar-refractivity contribution >= 4 is 35.1 Å². The predicted octanol–water partition coefficient (Wildman–Crippen LogP) is 0.192. The number of likely N-dealkylation sites (tertiary alicyclic amines) is 1. The first kappa shape index (κ1) is 31.7. The summed E-state index contributed by atoms with van der Waals surface area (Å²) in [5.74, 6) is -3.99. The molecule has 3 atom stereocenters. The highest BCUT2D eigenvalue weighted by Crippen LogP contribution is 2.33. The Balaban J connectivity index is 1.69. The molecule has 4 rings (SSSR count). The van der Waals surface area contributed by atoms with Gasteiger partial charge in [-0.05, 0) is 33.1 Å². The number of Topliss-reactive ketones (excluding diaryl/α,β-unsaturated/α-hetero) is 1. The first-order chi connectivity index (χ1) is 20.3. The fraction of sp³-hybridized carbons (Fsp3) is 0.607. The first-order valence-electron chi connectivity index (χ1n) is 14.4. The summed E-state index contributed by atoms with van der Waals surface area (Å²) < 4.78 is 3.08. The number of aliphatic imine (C=N–C) groups is 1. The van der Waals surface area contributed by atoms with Crippen LogP contribution in [-0.2, 0) is 31.8 Å². The number of primary amides is 1. The van der Waals surface area contributed by atoms with E-state index >= 15 is 0 Å². The van der Waals surface area contributed by atoms with E-state index in [0.29, 0.717) is 5.69 Å². The molecule has 4 amide bonds. The molecule has 43 heavy (non-hydrogen) atoms. The lowest BCUT2D eigenvalue weighted by Gasteiger charge is -2.27. The van der Waals surface area contributed by atoms with Crippen molar-refractivity contribution in [3.05, 3.63) is 30.1 Å². The third-order valence-corrected chi connectivity index (χ3v) is 8.00. The van der Waals surface area contributed by atoms with Crippen molar-refractivity contribution in [3.8, 4) is 0 Å². The Kier molecular flexibility index (Phi) is 9.52. The molecule has 15 heteroatoms. The average molecular weight is 598 g/mol. The topological polar surface area (TPSA) is 208 Å². The number of nitrogens with zero attached hydrogens (tertiary/aromatic N) is 7. The second kappa shape index (κ2) is 12.9. The van der Waals surface area contributed by atoms with Gasteiger partial charge in [-0.25, -0.2) is 14.7 Å². The van der Waals surface area contributed by atoms with Crippen molar-refractivity contribution in [3.63, 3.8) is 0 Å². The minimum Gasteiger partial charge on any atom is -0.384 e. The molecule has 1 unspecified atom stereocenters. The maximum absolute atomic E-state index is 14.2. The smallest absolute Gasteiger partial charge is 0.297 e. The Hall–Kier alpha value is -4.27. The third-order valence-electron chi connectivity index (χ3n) is 8.00. The van der Waals surface area contributed by atoms with Crippen LogP contribution in [0.25, 0.3) is 0 Å². The Morgan fingerprint density at radius 2 is 1.88 bits per heavy atom. The Morgan fingerprint density at radius 3 is 2.49 bits per heavy atom. The second-order valence-corrected chi connectivity index (χ2v) is 11.9. The van der Waals surface area contributed by atoms with Gasteiger partial charge in [0.1, 0.15) is 23.0 Å². The summed E-state index contributed by atoms with van der Waals surface area (Å²) >= 11 is 0. The lowest BCUT2D eigenvalue weighted by molar-refractivity contribution is -0.139. The minimum atomic E-state index is -1.32. The molecule has 1 aliphatic carbocycles. The van der Waals surface area contributed by atoms with Crippen LogP contribution in [0, 0.1) is 5.92 Å². The highest BCUT2D eigenvalue weighted by Gasteiger charge is 2.44. The van der Waals surface area contributed by atoms with E-state index in [0.717, 1.165) is 32.1 Å². The quantitative estimate of drug-likeness (QED) is 0.252. The van der Waals surface area contributed by atoms with Crippen molar-refractivity contribution < 1.29 is 29.1 Å². The van der Waals surface area contributed by atoms with Gasteiger partial charge in [-0.15, -0.1) is 5.10 Å². The largest absolute Gasteiger partial charge is 0.384 e. The van der Waals surface area contributed by atoms with Crippen LogP contribution in [0.4, 0.5) is 0 Å². The summed E-state index contributed by atoms with van der Waals surface area (Å²) in [7, 11) is 1.71. The van der Waals surface area contributed by atoms with E-state index in [4.69, 9.17) is 5.73 Å². The van der Waals surface area contributed by atoms with Crippen LogP contribution in [-0.4, -0.2) is 88.3 Å². The number of aryl methyl sites for hydroxylation is 1. The van der Waals surface area contributed by atoms with Crippen LogP contribution in [0.5, 0.6) is 0 Å². The van der Waals surface area contributed by atoms with Crippen LogP contribution in [0.3, 0.4) is 0 Å². The molecular formula is C28H39N9O6. The van der Waals surface area contributed by atoms with Crippen LogP contribution in [0.1, 0.15) is 87.9 Å². The van der Waals surface area contributed by atoms with Gasteiger partial charge in [0.25, 0.3) is 17.7 Å². The van der Waals surface area contributed by atoms with Gasteiger partial charge in [0, 0.05) is 26.2 Å². The number of carbonyl (C=O) groups is 5. The zero-order chi connectivity index (χ0) is 31.5. The van der Waals surface area contributed by atoms with Gasteiger partial charge in [-0.1, -0.05) is 37.3 Å². The summed E-state index contributed by atoms with van der Waals surface area (Å²) in [6.45, 7) is 4.46. The van der Waals surface area contributed by atoms with Gasteiger partial charge in [0.15, 0.2) is 0 Å². The predicted molar refractivity (Wildman–Crippen MR) is 152 cm³/mol. The van der Waals surface area contributed by atoms with E-state index in [1.807, 2.05) is 0 Å². The highest BCUT2D eigenvalue weighted by atomic mass is 16.3. The molecule has 2 fully saturated rings. The van der Waals surface area contributed by atoms with E-state index in [1.54, 1.807) is 25.5 Å². The molecule has 15 nitrogen and oxygen atoms in total. The molecule has 4 N–H and O–H groups in total. The fourth-order valence-electron chi connectivity index (χ4n) is 5.72. The van der Waals surface area contributed by atoms with Gasteiger partial charge in [0.2, 0.25) is 11.7 Å². The lowest BCUT2D eigenvalue weighted by atomic mass is 9.85. The zero-order valence-corrected chi connectivity index (χ0v) is 24.9. The van der Waals surface area contributed by atoms with Crippen molar-refractivity contribution in [2.45, 2.75) is 89.4 Å². The monoisotopic (exact) mass is 597 g/mol. The molecule has 1 aliphatic heterocycles. The number of amides is 4. The van der Waals surface area contributed by atoms with Gasteiger partial charge >= 0.3 is 0 Å². The number of aliphatic hydroxyl groups is 1. The van der Waals surface area contributed by atoms with Crippen LogP contribution in [0.2, 0.25) is 0 Å². The van der Waals surface area contributed by atoms with E-state index in [2.05, 4.69) is 25.6 Å². The van der Waals surface area contributed by atoms with Gasteiger partial charge in [-0.3, -0.25) is 24.0 Å². The number of ketones is 1. The van der Waals surface area contributed by atoms with Crippen molar-refractivity contribution in [1.29, 1.82) is 0 Å². The Labute approximate surface area is 248 Å². The number of nitrogens with one attached hydrogen (secondary N) is 1. The number of rotatable bonds is 10. The minimum absolute atomic E-state index is 0.0109. The highest BCUT2D eigenvalue weighted by molar-refractivity contribution is 6.41. The van der Waals surface area contributed by atoms with E-state index in [1.165, 1.54) is 35.2 Å². The maximum atomic E-state index is 14.2. The maximum Gasteiger partial charge on any atom is 0.297 e. The summed E-state index contributed by atoms with van der Waals surface area (Å²) in [4.78, 5) is 74.0. The van der Waals surface area contributed by atoms with Crippen LogP contribution < -0.4 is 11.1 Å². The lowest BCUT2D eigenvalue weighted by Crippen LogP contribution is -2.52. The number of carbonyl (C=O) groups excluding carboxylic acids is 5. The molecular weight excluding hydrogens is 558 g/mol. The van der Waals surface area contributed by atoms with Crippen molar-refractivity contribution in [2.24, 2.45) is 23.7 Å². The van der Waals surface area contributed by atoms with Gasteiger partial charge in [-0.2, -0.15) is 0 Å². The second-order valence-electron chi connectivity index (χ2n) is 11.9. The van der Waals surface area contributed by atoms with Crippen LogP contribution in [0.15, 0.2) is 23.7 Å². The number of imidazole rings is 1. The van der Waals surface area contributed by atoms with E-state index in [-0.39, 0.29) is 36.7 Å². The van der Waals surface area contributed by atoms with Gasteiger partial charge in [0.05, 0.1) is 30.3 Å². The summed E-state index contributed by atoms with van der Waals surface area (Å²) in [6.07, 6.45) is 9.59. The standard InChI is InChI=1S/C28H39N9O6/c1-16(23(38)24(29)39)32-26(41)21-11-18(37-22(12-31-34-37)28(2,3)43)13-36(21)27(42)19(10-17-8-6-5-7-9-17)33-25(40)20-14-35(4)15-30-20/h12,14-18,21,43H,5-11,13H2,1-4H3,(H2,29,39)(H,32,41)/b33-19+/t16?,18-,21-/m0/s1. The van der Waals surface area contributed by atoms with E-state index < -0.39 is 53.1 Å². The summed E-state index contributed by atoms with van der Waals surface area (Å²) in [5.41, 5.74) is 4.27. The number of nitrogens with two attached hydrogens (primary N) is 1. The molecule has 2 aromatic rings. The van der Waals surface area contributed by atoms with Gasteiger partial charge < -0.3 is 25.6 Å². The summed E-state index contributed by atoms with van der Waals surface area (Å²) in [6, 6.07) is -2.91.